The summed E-state index contributed by atoms with van der Waals surface area (Å²) in [5.74, 6) is 0. The molecule has 0 spiro atoms. The van der Waals surface area contributed by atoms with Crippen LogP contribution in [0.3, 0.4) is 0 Å². The fraction of sp³-hybridized carbons (Fsp3) is 0.500. The van der Waals surface area contributed by atoms with E-state index in [9.17, 15) is 8.42 Å². The molecule has 1 rings (SSSR count). The standard InChI is InChI=1S/C12H20N2O3S/c1-10(9-17-4)13-11-7-5-6-8-12(11)18(15,16)14(2)3/h5-8,10,13H,9H2,1-4H3. The van der Waals surface area contributed by atoms with Crippen LogP contribution in [0.25, 0.3) is 0 Å². The minimum absolute atomic E-state index is 0.0357. The predicted octanol–water partition coefficient (Wildman–Crippen LogP) is 1.38. The van der Waals surface area contributed by atoms with Crippen molar-refractivity contribution < 1.29 is 13.2 Å². The van der Waals surface area contributed by atoms with Crippen molar-refractivity contribution >= 4 is 15.7 Å². The third-order valence-corrected chi connectivity index (χ3v) is 4.34. The number of rotatable bonds is 6. The molecule has 0 radical (unpaired) electrons. The average molecular weight is 272 g/mol. The van der Waals surface area contributed by atoms with Gasteiger partial charge in [0.05, 0.1) is 12.3 Å². The molecule has 18 heavy (non-hydrogen) atoms. The molecule has 0 saturated heterocycles. The van der Waals surface area contributed by atoms with E-state index in [1.807, 2.05) is 6.92 Å². The zero-order valence-corrected chi connectivity index (χ0v) is 12.0. The Bertz CT molecular complexity index is 486. The van der Waals surface area contributed by atoms with Crippen LogP contribution in [0.2, 0.25) is 0 Å². The van der Waals surface area contributed by atoms with Gasteiger partial charge in [-0.15, -0.1) is 0 Å². The average Bonchev–Trinajstić information content (AvgIpc) is 2.29. The van der Waals surface area contributed by atoms with Gasteiger partial charge in [-0.25, -0.2) is 12.7 Å². The molecule has 0 aliphatic carbocycles. The van der Waals surface area contributed by atoms with Gasteiger partial charge in [-0.05, 0) is 19.1 Å². The molecule has 0 fully saturated rings. The van der Waals surface area contributed by atoms with Gasteiger partial charge in [0.2, 0.25) is 10.0 Å². The smallest absolute Gasteiger partial charge is 0.244 e. The first-order valence-electron chi connectivity index (χ1n) is 5.66. The summed E-state index contributed by atoms with van der Waals surface area (Å²) in [6.07, 6.45) is 0. The maximum atomic E-state index is 12.1. The van der Waals surface area contributed by atoms with Gasteiger partial charge in [-0.1, -0.05) is 12.1 Å². The highest BCUT2D eigenvalue weighted by Crippen LogP contribution is 2.23. The quantitative estimate of drug-likeness (QED) is 0.850. The molecular formula is C12H20N2O3S. The zero-order chi connectivity index (χ0) is 13.8. The van der Waals surface area contributed by atoms with Crippen molar-refractivity contribution in [2.45, 2.75) is 17.9 Å². The second kappa shape index (κ2) is 6.17. The van der Waals surface area contributed by atoms with Crippen LogP contribution in [0, 0.1) is 0 Å². The van der Waals surface area contributed by atoms with Gasteiger partial charge >= 0.3 is 0 Å². The third kappa shape index (κ3) is 3.44. The Kier molecular flexibility index (Phi) is 5.13. The molecule has 1 aromatic rings. The summed E-state index contributed by atoms with van der Waals surface area (Å²) in [4.78, 5) is 0.276. The minimum atomic E-state index is -3.44. The second-order valence-corrected chi connectivity index (χ2v) is 6.40. The third-order valence-electron chi connectivity index (χ3n) is 2.46. The fourth-order valence-corrected chi connectivity index (χ4v) is 2.61. The molecule has 0 aromatic heterocycles. The molecule has 0 saturated carbocycles. The molecule has 0 aliphatic heterocycles. The van der Waals surface area contributed by atoms with Crippen molar-refractivity contribution in [1.82, 2.24) is 4.31 Å². The summed E-state index contributed by atoms with van der Waals surface area (Å²) in [6, 6.07) is 6.90. The number of benzene rings is 1. The molecule has 102 valence electrons. The highest BCUT2D eigenvalue weighted by Gasteiger charge is 2.21. The van der Waals surface area contributed by atoms with Gasteiger partial charge in [0.25, 0.3) is 0 Å². The first kappa shape index (κ1) is 14.9. The van der Waals surface area contributed by atoms with Crippen molar-refractivity contribution in [3.05, 3.63) is 24.3 Å². The van der Waals surface area contributed by atoms with E-state index >= 15 is 0 Å². The van der Waals surface area contributed by atoms with Crippen molar-refractivity contribution in [1.29, 1.82) is 0 Å². The summed E-state index contributed by atoms with van der Waals surface area (Å²) in [6.45, 7) is 2.44. The Morgan fingerprint density at radius 2 is 1.94 bits per heavy atom. The largest absolute Gasteiger partial charge is 0.383 e. The Labute approximate surface area is 109 Å². The Balaban J connectivity index is 3.08. The van der Waals surface area contributed by atoms with Crippen molar-refractivity contribution in [2.75, 3.05) is 33.1 Å². The summed E-state index contributed by atoms with van der Waals surface area (Å²) >= 11 is 0. The number of ether oxygens (including phenoxy) is 1. The molecule has 1 unspecified atom stereocenters. The highest BCUT2D eigenvalue weighted by molar-refractivity contribution is 7.89. The van der Waals surface area contributed by atoms with E-state index in [4.69, 9.17) is 4.74 Å². The molecule has 5 nitrogen and oxygen atoms in total. The van der Waals surface area contributed by atoms with Crippen LogP contribution < -0.4 is 5.32 Å². The molecule has 6 heteroatoms. The van der Waals surface area contributed by atoms with Gasteiger partial charge in [0.15, 0.2) is 0 Å². The number of sulfonamides is 1. The van der Waals surface area contributed by atoms with E-state index in [0.717, 1.165) is 0 Å². The van der Waals surface area contributed by atoms with Crippen LogP contribution in [0.1, 0.15) is 6.92 Å². The predicted molar refractivity (Wildman–Crippen MR) is 72.3 cm³/mol. The number of hydrogen-bond donors (Lipinski definition) is 1. The number of hydrogen-bond acceptors (Lipinski definition) is 4. The number of nitrogens with one attached hydrogen (secondary N) is 1. The second-order valence-electron chi connectivity index (χ2n) is 4.28. The number of methoxy groups -OCH3 is 1. The van der Waals surface area contributed by atoms with Gasteiger partial charge in [0, 0.05) is 27.2 Å². The van der Waals surface area contributed by atoms with E-state index in [1.54, 1.807) is 31.4 Å². The van der Waals surface area contributed by atoms with E-state index in [2.05, 4.69) is 5.32 Å². The number of nitrogens with zero attached hydrogens (tertiary/aromatic N) is 1. The summed E-state index contributed by atoms with van der Waals surface area (Å²) in [5, 5.41) is 3.14. The van der Waals surface area contributed by atoms with Gasteiger partial charge in [0.1, 0.15) is 4.90 Å². The van der Waals surface area contributed by atoms with E-state index < -0.39 is 10.0 Å². The lowest BCUT2D eigenvalue weighted by Gasteiger charge is -2.19. The SMILES string of the molecule is COCC(C)Nc1ccccc1S(=O)(=O)N(C)C. The Morgan fingerprint density at radius 3 is 2.50 bits per heavy atom. The van der Waals surface area contributed by atoms with Crippen LogP contribution in [-0.2, 0) is 14.8 Å². The molecule has 1 atom stereocenters. The first-order valence-corrected chi connectivity index (χ1v) is 7.10. The van der Waals surface area contributed by atoms with Crippen molar-refractivity contribution in [2.24, 2.45) is 0 Å². The topological polar surface area (TPSA) is 58.6 Å². The maximum Gasteiger partial charge on any atom is 0.244 e. The van der Waals surface area contributed by atoms with Crippen molar-refractivity contribution in [3.63, 3.8) is 0 Å². The lowest BCUT2D eigenvalue weighted by Crippen LogP contribution is -2.26. The number of anilines is 1. The summed E-state index contributed by atoms with van der Waals surface area (Å²) in [5.41, 5.74) is 0.593. The maximum absolute atomic E-state index is 12.1. The van der Waals surface area contributed by atoms with E-state index in [-0.39, 0.29) is 10.9 Å². The van der Waals surface area contributed by atoms with Crippen LogP contribution in [0.4, 0.5) is 5.69 Å². The summed E-state index contributed by atoms with van der Waals surface area (Å²) in [7, 11) is 1.21. The van der Waals surface area contributed by atoms with Gasteiger partial charge in [-0.2, -0.15) is 0 Å². The lowest BCUT2D eigenvalue weighted by molar-refractivity contribution is 0.190. The lowest BCUT2D eigenvalue weighted by atomic mass is 10.3. The molecule has 1 aromatic carbocycles. The Morgan fingerprint density at radius 1 is 1.33 bits per heavy atom. The normalized spacial score (nSPS) is 13.6. The van der Waals surface area contributed by atoms with Crippen LogP contribution in [-0.4, -0.2) is 46.6 Å². The van der Waals surface area contributed by atoms with Gasteiger partial charge < -0.3 is 10.1 Å². The first-order chi connectivity index (χ1) is 8.39. The molecular weight excluding hydrogens is 252 g/mol. The van der Waals surface area contributed by atoms with Crippen LogP contribution in [0.15, 0.2) is 29.2 Å². The minimum Gasteiger partial charge on any atom is -0.383 e. The van der Waals surface area contributed by atoms with Gasteiger partial charge in [-0.3, -0.25) is 0 Å². The molecule has 0 aliphatic rings. The molecule has 0 heterocycles. The number of para-hydroxylation sites is 1. The van der Waals surface area contributed by atoms with Crippen LogP contribution >= 0.6 is 0 Å². The highest BCUT2D eigenvalue weighted by atomic mass is 32.2. The van der Waals surface area contributed by atoms with E-state index in [0.29, 0.717) is 12.3 Å². The van der Waals surface area contributed by atoms with E-state index in [1.165, 1.54) is 18.4 Å². The fourth-order valence-electron chi connectivity index (χ4n) is 1.56. The zero-order valence-electron chi connectivity index (χ0n) is 11.2. The molecule has 1 N–H and O–H groups in total. The molecule has 0 amide bonds. The monoisotopic (exact) mass is 272 g/mol. The van der Waals surface area contributed by atoms with Crippen LogP contribution in [0.5, 0.6) is 0 Å². The molecule has 0 bridgehead atoms. The Hall–Kier alpha value is -1.11. The van der Waals surface area contributed by atoms with Crippen molar-refractivity contribution in [3.8, 4) is 0 Å². The summed E-state index contributed by atoms with van der Waals surface area (Å²) < 4.78 is 30.5.